The Hall–Kier alpha value is -6.07. The SMILES string of the molecule is Cn1nc(NS(C)(=O)=O)c2c(Cl)ccc(-n3c([C@H](Cc4cc(F)cc(F)c4)NC(=O)Cn4nc(C(F)F)c5c4C(F)(F)[C@]4(S)C[C@H]54)nc4cc(-c5ccc(F)c(F)c5F)ccc4c3=O)c21. The van der Waals surface area contributed by atoms with Gasteiger partial charge in [0.1, 0.15) is 35.4 Å². The average molecular weight is 967 g/mol. The second-order valence-electron chi connectivity index (χ2n) is 15.7. The summed E-state index contributed by atoms with van der Waals surface area (Å²) in [5, 5.41) is 10.2. The molecule has 0 radical (unpaired) electrons. The molecule has 0 aliphatic heterocycles. The first-order valence-electron chi connectivity index (χ1n) is 19.1. The summed E-state index contributed by atoms with van der Waals surface area (Å²) in [4.78, 5) is 33.8. The highest BCUT2D eigenvalue weighted by Crippen LogP contribution is 2.74. The molecule has 65 heavy (non-hydrogen) atoms. The summed E-state index contributed by atoms with van der Waals surface area (Å²) >= 11 is 10.7. The van der Waals surface area contributed by atoms with Gasteiger partial charge in [0.05, 0.1) is 49.6 Å². The van der Waals surface area contributed by atoms with Crippen molar-refractivity contribution in [1.82, 2.24) is 34.4 Å². The number of nitrogens with one attached hydrogen (secondary N) is 2. The molecule has 3 heterocycles. The summed E-state index contributed by atoms with van der Waals surface area (Å²) in [5.41, 5.74) is -4.42. The Morgan fingerprint density at radius 3 is 2.37 bits per heavy atom. The van der Waals surface area contributed by atoms with Crippen molar-refractivity contribution in [2.24, 2.45) is 7.05 Å². The third kappa shape index (κ3) is 7.27. The van der Waals surface area contributed by atoms with Crippen LogP contribution in [0.25, 0.3) is 38.6 Å². The Bertz CT molecular complexity index is 3360. The molecule has 0 saturated heterocycles. The molecule has 1 amide bonds. The number of amides is 1. The van der Waals surface area contributed by atoms with Crippen LogP contribution < -0.4 is 15.6 Å². The quantitative estimate of drug-likeness (QED) is 0.0674. The van der Waals surface area contributed by atoms with Crippen LogP contribution in [0.2, 0.25) is 5.02 Å². The summed E-state index contributed by atoms with van der Waals surface area (Å²) < 4.78 is 161. The average Bonchev–Trinajstić information content (AvgIpc) is 3.51. The maximum atomic E-state index is 15.8. The number of aryl methyl sites for hydroxylation is 1. The lowest BCUT2D eigenvalue weighted by molar-refractivity contribution is -0.123. The molecular formula is C41H28ClF9N8O4S2. The van der Waals surface area contributed by atoms with Crippen LogP contribution in [0.15, 0.2) is 65.5 Å². The number of carbonyl (C=O) groups excluding carboxylic acids is 1. The van der Waals surface area contributed by atoms with Crippen LogP contribution in [0.4, 0.5) is 45.3 Å². The Balaban J connectivity index is 1.27. The highest BCUT2D eigenvalue weighted by atomic mass is 35.5. The number of anilines is 1. The predicted octanol–water partition coefficient (Wildman–Crippen LogP) is 8.16. The Labute approximate surface area is 370 Å². The number of hydrogen-bond donors (Lipinski definition) is 3. The van der Waals surface area contributed by atoms with Gasteiger partial charge in [-0.3, -0.25) is 28.2 Å². The van der Waals surface area contributed by atoms with Gasteiger partial charge in [0.15, 0.2) is 23.3 Å². The number of benzene rings is 4. The van der Waals surface area contributed by atoms with Crippen molar-refractivity contribution in [1.29, 1.82) is 0 Å². The van der Waals surface area contributed by atoms with Gasteiger partial charge in [0, 0.05) is 36.6 Å². The van der Waals surface area contributed by atoms with Crippen molar-refractivity contribution in [2.45, 2.75) is 48.4 Å². The second kappa shape index (κ2) is 15.3. The molecule has 0 spiro atoms. The van der Waals surface area contributed by atoms with Crippen molar-refractivity contribution in [3.05, 3.63) is 133 Å². The van der Waals surface area contributed by atoms with E-state index in [1.165, 1.54) is 31.3 Å². The highest BCUT2D eigenvalue weighted by Gasteiger charge is 2.77. The van der Waals surface area contributed by atoms with E-state index < -0.39 is 121 Å². The van der Waals surface area contributed by atoms with E-state index in [4.69, 9.17) is 11.6 Å². The van der Waals surface area contributed by atoms with Gasteiger partial charge in [-0.2, -0.15) is 31.6 Å². The number of hydrogen-bond acceptors (Lipinski definition) is 8. The maximum absolute atomic E-state index is 15.8. The lowest BCUT2D eigenvalue weighted by Crippen LogP contribution is -2.38. The number of sulfonamides is 1. The zero-order valence-corrected chi connectivity index (χ0v) is 35.5. The van der Waals surface area contributed by atoms with Gasteiger partial charge in [-0.15, -0.1) is 0 Å². The van der Waals surface area contributed by atoms with E-state index in [2.05, 4.69) is 37.8 Å². The third-order valence-electron chi connectivity index (χ3n) is 11.3. The number of thiol groups is 1. The van der Waals surface area contributed by atoms with Crippen LogP contribution in [-0.2, 0) is 40.8 Å². The zero-order chi connectivity index (χ0) is 46.8. The Morgan fingerprint density at radius 1 is 0.985 bits per heavy atom. The van der Waals surface area contributed by atoms with Gasteiger partial charge in [0.2, 0.25) is 15.9 Å². The molecule has 7 aromatic rings. The van der Waals surface area contributed by atoms with Crippen LogP contribution in [0, 0.1) is 29.1 Å². The summed E-state index contributed by atoms with van der Waals surface area (Å²) in [7, 11) is -2.62. The van der Waals surface area contributed by atoms with Crippen LogP contribution in [0.1, 0.15) is 53.1 Å². The predicted molar refractivity (Wildman–Crippen MR) is 221 cm³/mol. The molecule has 9 rings (SSSR count). The number of carbonyl (C=O) groups is 1. The van der Waals surface area contributed by atoms with E-state index in [-0.39, 0.29) is 55.9 Å². The molecule has 12 nitrogen and oxygen atoms in total. The normalized spacial score (nSPS) is 18.0. The minimum atomic E-state index is -3.99. The first-order valence-corrected chi connectivity index (χ1v) is 21.8. The van der Waals surface area contributed by atoms with Gasteiger partial charge >= 0.3 is 5.92 Å². The van der Waals surface area contributed by atoms with Gasteiger partial charge in [-0.1, -0.05) is 17.7 Å². The summed E-state index contributed by atoms with van der Waals surface area (Å²) in [6.45, 7) is -1.12. The molecule has 1 saturated carbocycles. The molecule has 2 N–H and O–H groups in total. The van der Waals surface area contributed by atoms with Gasteiger partial charge < -0.3 is 5.32 Å². The second-order valence-corrected chi connectivity index (χ2v) is 18.6. The number of halogens is 10. The molecule has 2 aliphatic carbocycles. The van der Waals surface area contributed by atoms with Crippen LogP contribution in [0.3, 0.4) is 0 Å². The van der Waals surface area contributed by atoms with Crippen molar-refractivity contribution >= 4 is 67.8 Å². The number of aromatic nitrogens is 6. The van der Waals surface area contributed by atoms with Crippen molar-refractivity contribution in [3.8, 4) is 16.8 Å². The molecular weight excluding hydrogens is 939 g/mol. The van der Waals surface area contributed by atoms with E-state index in [0.29, 0.717) is 16.8 Å². The Morgan fingerprint density at radius 2 is 1.69 bits per heavy atom. The van der Waals surface area contributed by atoms with Crippen LogP contribution in [-0.4, -0.2) is 54.4 Å². The molecule has 3 aromatic heterocycles. The molecule has 4 aromatic carbocycles. The first kappa shape index (κ1) is 44.1. The number of rotatable bonds is 11. The molecule has 3 atom stereocenters. The maximum Gasteiger partial charge on any atom is 0.304 e. The van der Waals surface area contributed by atoms with E-state index >= 15 is 13.2 Å². The largest absolute Gasteiger partial charge is 0.344 e. The van der Waals surface area contributed by atoms with Gasteiger partial charge in [-0.05, 0) is 66.1 Å². The van der Waals surface area contributed by atoms with Crippen LogP contribution in [0.5, 0.6) is 0 Å². The van der Waals surface area contributed by atoms with Gasteiger partial charge in [0.25, 0.3) is 12.0 Å². The number of alkyl halides is 4. The van der Waals surface area contributed by atoms with Crippen LogP contribution >= 0.6 is 24.2 Å². The van der Waals surface area contributed by atoms with E-state index in [1.807, 2.05) is 0 Å². The minimum absolute atomic E-state index is 0.0105. The molecule has 24 heteroatoms. The van der Waals surface area contributed by atoms with E-state index in [1.54, 1.807) is 0 Å². The molecule has 0 bridgehead atoms. The fourth-order valence-corrected chi connectivity index (χ4v) is 9.66. The van der Waals surface area contributed by atoms with E-state index in [0.717, 1.165) is 39.8 Å². The van der Waals surface area contributed by atoms with Crippen molar-refractivity contribution in [2.75, 3.05) is 11.0 Å². The first-order chi connectivity index (χ1) is 30.5. The summed E-state index contributed by atoms with van der Waals surface area (Å²) in [6.07, 6.45) is -3.31. The fourth-order valence-electron chi connectivity index (χ4n) is 8.51. The summed E-state index contributed by atoms with van der Waals surface area (Å²) in [6, 6.07) is 8.31. The molecule has 338 valence electrons. The smallest absolute Gasteiger partial charge is 0.304 e. The molecule has 0 unspecified atom stereocenters. The lowest BCUT2D eigenvalue weighted by atomic mass is 10.0. The van der Waals surface area contributed by atoms with Gasteiger partial charge in [-0.25, -0.2) is 44.1 Å². The van der Waals surface area contributed by atoms with Crippen molar-refractivity contribution in [3.63, 3.8) is 0 Å². The lowest BCUT2D eigenvalue weighted by Gasteiger charge is -2.24. The molecule has 2 aliphatic rings. The highest BCUT2D eigenvalue weighted by molar-refractivity contribution is 7.92. The zero-order valence-electron chi connectivity index (χ0n) is 33.1. The van der Waals surface area contributed by atoms with Crippen molar-refractivity contribution < 1.29 is 52.7 Å². The monoisotopic (exact) mass is 966 g/mol. The standard InChI is InChI=1S/C41H28ClF9N8O4S2/c1-57-34-27(8-6-23(42)30(34)37(55-57)56-65(2,62)63)59-38(53-25-12-17(3-4-21(25)39(59)61)20-5-7-24(45)32(47)31(20)46)26(11-16-9-18(43)13-19(44)10-16)52-28(60)15-58-35-29(33(54-58)36(48)49)22-14-40(22,64)41(35,50)51/h3-10,12-13,22,26,36,64H,11,14-15H2,1-2H3,(H,52,60)(H,55,56)/t22-,26+,40+/m1/s1. The Kier molecular flexibility index (Phi) is 10.4. The number of fused-ring (bicyclic) bond motifs is 5. The minimum Gasteiger partial charge on any atom is -0.344 e. The van der Waals surface area contributed by atoms with E-state index in [9.17, 15) is 44.3 Å². The third-order valence-corrected chi connectivity index (χ3v) is 13.0. The molecule has 1 fully saturated rings. The number of nitrogens with zero attached hydrogens (tertiary/aromatic N) is 6. The summed E-state index contributed by atoms with van der Waals surface area (Å²) in [5.74, 6) is -13.8. The fraction of sp³-hybridized carbons (Fsp3) is 0.244. The topological polar surface area (TPSA) is 146 Å².